The zero-order valence-electron chi connectivity index (χ0n) is 16.8. The smallest absolute Gasteiger partial charge is 0.288 e. The summed E-state index contributed by atoms with van der Waals surface area (Å²) in [6.07, 6.45) is 4.57. The Balaban J connectivity index is 1.35. The molecule has 0 bridgehead atoms. The maximum Gasteiger partial charge on any atom is 0.288 e. The molecule has 2 fully saturated rings. The summed E-state index contributed by atoms with van der Waals surface area (Å²) in [5, 5.41) is 12.4. The molecule has 2 aromatic rings. The number of carbonyl (C=O) groups is 1. The van der Waals surface area contributed by atoms with E-state index in [0.29, 0.717) is 28.4 Å². The Morgan fingerprint density at radius 2 is 1.87 bits per heavy atom. The molecule has 2 aliphatic rings. The van der Waals surface area contributed by atoms with Crippen LogP contribution in [-0.4, -0.2) is 45.3 Å². The fourth-order valence-corrected chi connectivity index (χ4v) is 4.79. The summed E-state index contributed by atoms with van der Waals surface area (Å²) in [4.78, 5) is 15.1. The lowest BCUT2D eigenvalue weighted by Crippen LogP contribution is -2.34. The highest BCUT2D eigenvalue weighted by atomic mass is 32.2. The van der Waals surface area contributed by atoms with E-state index < -0.39 is 5.76 Å². The summed E-state index contributed by atoms with van der Waals surface area (Å²) >= 11 is 1.87. The van der Waals surface area contributed by atoms with Gasteiger partial charge >= 0.3 is 0 Å². The van der Waals surface area contributed by atoms with Crippen LogP contribution in [0, 0.1) is 5.92 Å². The highest BCUT2D eigenvalue weighted by Crippen LogP contribution is 2.41. The third kappa shape index (κ3) is 5.46. The van der Waals surface area contributed by atoms with Crippen molar-refractivity contribution in [2.45, 2.75) is 54.5 Å². The Morgan fingerprint density at radius 3 is 2.50 bits per heavy atom. The molecule has 1 N–H and O–H groups in total. The van der Waals surface area contributed by atoms with Gasteiger partial charge in [0.15, 0.2) is 5.16 Å². The lowest BCUT2D eigenvalue weighted by Gasteiger charge is -2.31. The van der Waals surface area contributed by atoms with E-state index in [-0.39, 0.29) is 11.7 Å². The topological polar surface area (TPSA) is 63.1 Å². The molecule has 1 aliphatic heterocycles. The van der Waals surface area contributed by atoms with E-state index in [9.17, 15) is 13.6 Å². The van der Waals surface area contributed by atoms with Gasteiger partial charge in [-0.2, -0.15) is 8.78 Å². The Morgan fingerprint density at radius 1 is 1.17 bits per heavy atom. The van der Waals surface area contributed by atoms with E-state index in [1.54, 1.807) is 24.3 Å². The molecule has 30 heavy (non-hydrogen) atoms. The first-order chi connectivity index (χ1) is 14.5. The molecule has 0 atom stereocenters. The van der Waals surface area contributed by atoms with Gasteiger partial charge < -0.3 is 10.2 Å². The number of benzene rings is 1. The number of hydrogen-bond acceptors (Lipinski definition) is 6. The number of carbonyl (C=O) groups excluding carboxylic acids is 1. The van der Waals surface area contributed by atoms with Gasteiger partial charge in [-0.25, -0.2) is 0 Å². The van der Waals surface area contributed by atoms with Gasteiger partial charge in [-0.1, -0.05) is 30.4 Å². The number of halogens is 2. The minimum Gasteiger partial charge on any atom is -0.341 e. The van der Waals surface area contributed by atoms with Crippen LogP contribution in [0.3, 0.4) is 0 Å². The Labute approximate surface area is 183 Å². The molecular formula is C20H25F2N5OS2. The monoisotopic (exact) mass is 453 g/mol. The fraction of sp³-hybridized carbons (Fsp3) is 0.550. The van der Waals surface area contributed by atoms with Crippen LogP contribution in [0.4, 0.5) is 20.4 Å². The fourth-order valence-electron chi connectivity index (χ4n) is 3.49. The second kappa shape index (κ2) is 9.55. The van der Waals surface area contributed by atoms with Crippen LogP contribution in [0.5, 0.6) is 0 Å². The molecule has 162 valence electrons. The molecule has 1 saturated carbocycles. The van der Waals surface area contributed by atoms with Crippen molar-refractivity contribution in [2.24, 2.45) is 5.92 Å². The number of nitrogens with one attached hydrogen (secondary N) is 1. The number of rotatable bonds is 8. The van der Waals surface area contributed by atoms with E-state index in [2.05, 4.69) is 31.9 Å². The van der Waals surface area contributed by atoms with Crippen molar-refractivity contribution in [3.05, 3.63) is 24.3 Å². The van der Waals surface area contributed by atoms with Gasteiger partial charge in [0.25, 0.3) is 5.76 Å². The van der Waals surface area contributed by atoms with Gasteiger partial charge in [-0.05, 0) is 55.9 Å². The van der Waals surface area contributed by atoms with E-state index in [4.69, 9.17) is 0 Å². The van der Waals surface area contributed by atoms with Crippen molar-refractivity contribution < 1.29 is 13.6 Å². The van der Waals surface area contributed by atoms with Crippen molar-refractivity contribution in [3.8, 4) is 0 Å². The number of amides is 1. The Hall–Kier alpha value is -1.81. The number of hydrogen-bond donors (Lipinski definition) is 1. The van der Waals surface area contributed by atoms with Crippen LogP contribution in [-0.2, 0) is 4.79 Å². The van der Waals surface area contributed by atoms with Gasteiger partial charge in [-0.15, -0.1) is 10.2 Å². The summed E-state index contributed by atoms with van der Waals surface area (Å²) in [5.41, 5.74) is 0.589. The van der Waals surface area contributed by atoms with Crippen LogP contribution in [0.15, 0.2) is 34.3 Å². The van der Waals surface area contributed by atoms with E-state index in [0.717, 1.165) is 55.8 Å². The van der Waals surface area contributed by atoms with Gasteiger partial charge in [-0.3, -0.25) is 9.36 Å². The zero-order chi connectivity index (χ0) is 21.1. The predicted molar refractivity (Wildman–Crippen MR) is 117 cm³/mol. The van der Waals surface area contributed by atoms with E-state index in [1.807, 2.05) is 0 Å². The largest absolute Gasteiger partial charge is 0.341 e. The third-order valence-electron chi connectivity index (χ3n) is 5.32. The molecule has 1 aliphatic carbocycles. The first-order valence-corrected chi connectivity index (χ1v) is 12.0. The van der Waals surface area contributed by atoms with Gasteiger partial charge in [0.1, 0.15) is 0 Å². The minimum absolute atomic E-state index is 0.159. The van der Waals surface area contributed by atoms with Crippen molar-refractivity contribution in [1.82, 2.24) is 14.8 Å². The summed E-state index contributed by atoms with van der Waals surface area (Å²) in [5.74, 6) is -0.717. The standard InChI is InChI=1S/C20H25F2N5OS2/c1-13-8-10-26(11-9-13)19-24-25-20(27(19)15-4-5-15)29-12-17(28)23-14-2-6-16(7-3-14)30-18(21)22/h2-3,6-7,13,15,18H,4-5,8-12H2,1H3,(H,23,28). The zero-order valence-corrected chi connectivity index (χ0v) is 18.4. The molecule has 10 heteroatoms. The SMILES string of the molecule is CC1CCN(c2nnc(SCC(=O)Nc3ccc(SC(F)F)cc3)n2C2CC2)CC1. The van der Waals surface area contributed by atoms with Gasteiger partial charge in [0.05, 0.1) is 5.75 Å². The second-order valence-electron chi connectivity index (χ2n) is 7.79. The molecule has 0 spiro atoms. The molecule has 0 radical (unpaired) electrons. The lowest BCUT2D eigenvalue weighted by atomic mass is 10.00. The van der Waals surface area contributed by atoms with Crippen molar-refractivity contribution >= 4 is 41.1 Å². The average Bonchev–Trinajstić information content (AvgIpc) is 3.47. The lowest BCUT2D eigenvalue weighted by molar-refractivity contribution is -0.113. The first-order valence-electron chi connectivity index (χ1n) is 10.2. The first kappa shape index (κ1) is 21.4. The van der Waals surface area contributed by atoms with Crippen molar-refractivity contribution in [2.75, 3.05) is 29.1 Å². The maximum atomic E-state index is 12.4. The molecular weight excluding hydrogens is 428 g/mol. The Bertz CT molecular complexity index is 865. The maximum absolute atomic E-state index is 12.4. The molecule has 1 amide bonds. The molecule has 1 aromatic carbocycles. The average molecular weight is 454 g/mol. The minimum atomic E-state index is -2.45. The molecule has 4 rings (SSSR count). The van der Waals surface area contributed by atoms with E-state index >= 15 is 0 Å². The second-order valence-corrected chi connectivity index (χ2v) is 9.80. The van der Waals surface area contributed by atoms with Crippen LogP contribution >= 0.6 is 23.5 Å². The number of aromatic nitrogens is 3. The van der Waals surface area contributed by atoms with Crippen LogP contribution in [0.25, 0.3) is 0 Å². The van der Waals surface area contributed by atoms with Crippen molar-refractivity contribution in [1.29, 1.82) is 0 Å². The van der Waals surface area contributed by atoms with Gasteiger partial charge in [0, 0.05) is 29.7 Å². The van der Waals surface area contributed by atoms with Crippen LogP contribution < -0.4 is 10.2 Å². The normalized spacial score (nSPS) is 17.5. The quantitative estimate of drug-likeness (QED) is 0.574. The van der Waals surface area contributed by atoms with Gasteiger partial charge in [0.2, 0.25) is 11.9 Å². The summed E-state index contributed by atoms with van der Waals surface area (Å²) in [6.45, 7) is 4.28. The molecule has 0 unspecified atom stereocenters. The highest BCUT2D eigenvalue weighted by molar-refractivity contribution is 8.00. The third-order valence-corrected chi connectivity index (χ3v) is 6.99. The molecule has 1 aromatic heterocycles. The summed E-state index contributed by atoms with van der Waals surface area (Å²) < 4.78 is 27.0. The van der Waals surface area contributed by atoms with Crippen molar-refractivity contribution in [3.63, 3.8) is 0 Å². The van der Waals surface area contributed by atoms with Crippen LogP contribution in [0.1, 0.15) is 38.6 Å². The predicted octanol–water partition coefficient (Wildman–Crippen LogP) is 4.89. The number of anilines is 2. The molecule has 2 heterocycles. The number of nitrogens with zero attached hydrogens (tertiary/aromatic N) is 4. The molecule has 1 saturated heterocycles. The summed E-state index contributed by atoms with van der Waals surface area (Å²) in [6, 6.07) is 6.86. The molecule has 6 nitrogen and oxygen atoms in total. The highest BCUT2D eigenvalue weighted by Gasteiger charge is 2.32. The summed E-state index contributed by atoms with van der Waals surface area (Å²) in [7, 11) is 0. The Kier molecular flexibility index (Phi) is 6.82. The number of alkyl halides is 2. The van der Waals surface area contributed by atoms with Crippen LogP contribution in [0.2, 0.25) is 0 Å². The van der Waals surface area contributed by atoms with E-state index in [1.165, 1.54) is 11.8 Å². The number of piperidine rings is 1. The number of thioether (sulfide) groups is 2.